The van der Waals surface area contributed by atoms with E-state index in [1.54, 1.807) is 24.3 Å². The average Bonchev–Trinajstić information content (AvgIpc) is 3.28. The van der Waals surface area contributed by atoms with Crippen LogP contribution in [0, 0.1) is 5.82 Å². The van der Waals surface area contributed by atoms with Crippen LogP contribution < -0.4 is 10.1 Å². The van der Waals surface area contributed by atoms with E-state index in [-0.39, 0.29) is 23.0 Å². The Hall–Kier alpha value is -3.85. The van der Waals surface area contributed by atoms with Crippen molar-refractivity contribution in [2.45, 2.75) is 32.2 Å². The third-order valence-corrected chi connectivity index (χ3v) is 6.42. The molecule has 0 aliphatic carbocycles. The highest BCUT2D eigenvalue weighted by atomic mass is 35.5. The molecule has 0 atom stereocenters. The Morgan fingerprint density at radius 3 is 2.51 bits per heavy atom. The number of aromatic amines is 1. The monoisotopic (exact) mass is 529 g/mol. The number of H-pyrrole nitrogens is 1. The van der Waals surface area contributed by atoms with Gasteiger partial charge in [0.25, 0.3) is 5.91 Å². The summed E-state index contributed by atoms with van der Waals surface area (Å²) < 4.78 is 59.0. The Kier molecular flexibility index (Phi) is 5.98. The van der Waals surface area contributed by atoms with Crippen LogP contribution in [0.2, 0.25) is 5.02 Å². The summed E-state index contributed by atoms with van der Waals surface area (Å²) in [4.78, 5) is 20.5. The molecule has 0 saturated heterocycles. The first-order valence-corrected chi connectivity index (χ1v) is 11.6. The molecule has 3 aromatic carbocycles. The van der Waals surface area contributed by atoms with Crippen molar-refractivity contribution in [2.75, 3.05) is 0 Å². The predicted molar refractivity (Wildman–Crippen MR) is 131 cm³/mol. The number of nitrogens with zero attached hydrogens (tertiary/aromatic N) is 1. The third kappa shape index (κ3) is 4.67. The summed E-state index contributed by atoms with van der Waals surface area (Å²) in [7, 11) is 0. The van der Waals surface area contributed by atoms with Gasteiger partial charge in [-0.15, -0.1) is 0 Å². The van der Waals surface area contributed by atoms with Crippen molar-refractivity contribution in [3.8, 4) is 28.4 Å². The van der Waals surface area contributed by atoms with Crippen LogP contribution in [0.1, 0.15) is 41.0 Å². The van der Waals surface area contributed by atoms with Crippen molar-refractivity contribution < 1.29 is 27.1 Å². The first kappa shape index (κ1) is 24.8. The van der Waals surface area contributed by atoms with Crippen LogP contribution in [0.5, 0.6) is 5.75 Å². The van der Waals surface area contributed by atoms with E-state index in [2.05, 4.69) is 15.3 Å². The zero-order valence-corrected chi connectivity index (χ0v) is 20.4. The van der Waals surface area contributed by atoms with Gasteiger partial charge < -0.3 is 15.0 Å². The molecule has 5 rings (SSSR count). The van der Waals surface area contributed by atoms with Gasteiger partial charge in [-0.2, -0.15) is 13.2 Å². The van der Waals surface area contributed by atoms with Crippen LogP contribution in [0.15, 0.2) is 60.7 Å². The second-order valence-electron chi connectivity index (χ2n) is 9.11. The minimum Gasteiger partial charge on any atom is -0.481 e. The Labute approximate surface area is 214 Å². The summed E-state index contributed by atoms with van der Waals surface area (Å²) in [5.74, 6) is -0.262. The van der Waals surface area contributed by atoms with Crippen LogP contribution >= 0.6 is 11.6 Å². The summed E-state index contributed by atoms with van der Waals surface area (Å²) in [5.41, 5.74) is 1.15. The van der Waals surface area contributed by atoms with Gasteiger partial charge in [-0.25, -0.2) is 9.37 Å². The number of carbonyl (C=O) groups excluding carboxylic acids is 1. The van der Waals surface area contributed by atoms with Crippen LogP contribution in [0.4, 0.5) is 17.6 Å². The quantitative estimate of drug-likeness (QED) is 0.277. The van der Waals surface area contributed by atoms with Crippen LogP contribution in [-0.2, 0) is 18.3 Å². The van der Waals surface area contributed by atoms with Crippen LogP contribution in [0.25, 0.3) is 22.6 Å². The molecule has 2 heterocycles. The number of carbonyl (C=O) groups is 1. The number of hydrogen-bond donors (Lipinski definition) is 2. The van der Waals surface area contributed by atoms with E-state index in [0.717, 1.165) is 12.1 Å². The summed E-state index contributed by atoms with van der Waals surface area (Å²) in [6, 6.07) is 13.8. The molecule has 5 nitrogen and oxygen atoms in total. The van der Waals surface area contributed by atoms with E-state index in [4.69, 9.17) is 16.3 Å². The summed E-state index contributed by atoms with van der Waals surface area (Å²) in [5, 5.41) is 2.92. The molecule has 10 heteroatoms. The van der Waals surface area contributed by atoms with E-state index in [1.807, 2.05) is 13.8 Å². The lowest BCUT2D eigenvalue weighted by Crippen LogP contribution is -2.30. The number of fused-ring (bicyclic) bond motifs is 3. The Balaban J connectivity index is 1.40. The predicted octanol–water partition coefficient (Wildman–Crippen LogP) is 7.11. The zero-order valence-electron chi connectivity index (χ0n) is 19.6. The van der Waals surface area contributed by atoms with Crippen molar-refractivity contribution >= 4 is 17.5 Å². The second kappa shape index (κ2) is 8.92. The molecular weight excluding hydrogens is 510 g/mol. The van der Waals surface area contributed by atoms with Gasteiger partial charge in [0.1, 0.15) is 23.0 Å². The zero-order chi connectivity index (χ0) is 26.5. The van der Waals surface area contributed by atoms with Crippen molar-refractivity contribution in [3.05, 3.63) is 93.9 Å². The third-order valence-electron chi connectivity index (χ3n) is 6.10. The first-order chi connectivity index (χ1) is 17.4. The lowest BCUT2D eigenvalue weighted by Gasteiger charge is -2.32. The Bertz CT molecular complexity index is 1490. The molecule has 1 aliphatic rings. The van der Waals surface area contributed by atoms with Gasteiger partial charge in [0, 0.05) is 17.7 Å². The molecule has 0 saturated carbocycles. The van der Waals surface area contributed by atoms with Crippen LogP contribution in [0.3, 0.4) is 0 Å². The molecular formula is C27H20ClF4N3O2. The summed E-state index contributed by atoms with van der Waals surface area (Å²) >= 11 is 6.23. The number of benzene rings is 3. The first-order valence-electron chi connectivity index (χ1n) is 11.3. The lowest BCUT2D eigenvalue weighted by molar-refractivity contribution is -0.137. The number of halogens is 5. The van der Waals surface area contributed by atoms with Crippen molar-refractivity contribution in [3.63, 3.8) is 0 Å². The largest absolute Gasteiger partial charge is 0.481 e. The van der Waals surface area contributed by atoms with Gasteiger partial charge >= 0.3 is 6.18 Å². The highest BCUT2D eigenvalue weighted by Gasteiger charge is 2.37. The van der Waals surface area contributed by atoms with E-state index >= 15 is 0 Å². The number of alkyl halides is 3. The minimum atomic E-state index is -4.42. The highest BCUT2D eigenvalue weighted by Crippen LogP contribution is 2.45. The molecule has 4 aromatic rings. The second-order valence-corrected chi connectivity index (χ2v) is 9.51. The summed E-state index contributed by atoms with van der Waals surface area (Å²) in [6.07, 6.45) is -4.42. The molecule has 1 aliphatic heterocycles. The topological polar surface area (TPSA) is 67.0 Å². The number of rotatable bonds is 4. The van der Waals surface area contributed by atoms with E-state index in [1.165, 1.54) is 24.3 Å². The van der Waals surface area contributed by atoms with Gasteiger partial charge in [0.15, 0.2) is 0 Å². The maximum Gasteiger partial charge on any atom is 0.416 e. The molecule has 190 valence electrons. The van der Waals surface area contributed by atoms with E-state index in [9.17, 15) is 22.4 Å². The molecule has 37 heavy (non-hydrogen) atoms. The molecule has 2 N–H and O–H groups in total. The van der Waals surface area contributed by atoms with Crippen LogP contribution in [-0.4, -0.2) is 15.9 Å². The fourth-order valence-electron chi connectivity index (χ4n) is 4.21. The molecule has 0 spiro atoms. The Morgan fingerprint density at radius 1 is 1.11 bits per heavy atom. The normalized spacial score (nSPS) is 13.9. The fraction of sp³-hybridized carbons (Fsp3) is 0.185. The number of aromatic nitrogens is 2. The van der Waals surface area contributed by atoms with Crippen molar-refractivity contribution in [2.24, 2.45) is 0 Å². The smallest absolute Gasteiger partial charge is 0.416 e. The molecule has 0 unspecified atom stereocenters. The van der Waals surface area contributed by atoms with Crippen molar-refractivity contribution in [1.29, 1.82) is 0 Å². The average molecular weight is 530 g/mol. The van der Waals surface area contributed by atoms with Gasteiger partial charge in [-0.05, 0) is 61.9 Å². The van der Waals surface area contributed by atoms with E-state index < -0.39 is 29.1 Å². The lowest BCUT2D eigenvalue weighted by atomic mass is 9.94. The molecule has 1 amide bonds. The molecule has 0 bridgehead atoms. The van der Waals surface area contributed by atoms with E-state index in [0.29, 0.717) is 33.8 Å². The number of ether oxygens (including phenoxy) is 1. The number of hydrogen-bond acceptors (Lipinski definition) is 3. The van der Waals surface area contributed by atoms with Gasteiger partial charge in [0.05, 0.1) is 27.5 Å². The summed E-state index contributed by atoms with van der Waals surface area (Å²) in [6.45, 7) is 3.69. The standard InChI is InChI=1S/C27H20ClF4N3O2/c1-26(2)23-22(34-24(35-23)21-18(28)4-3-5-19(21)29)17-11-8-15(12-20(17)37-26)25(36)33-13-14-6-9-16(10-7-14)27(30,31)32/h3-12H,13H2,1-2H3,(H,33,36)(H,34,35). The maximum absolute atomic E-state index is 14.5. The Morgan fingerprint density at radius 2 is 1.84 bits per heavy atom. The SMILES string of the molecule is CC1(C)Oc2cc(C(=O)NCc3ccc(C(F)(F)F)cc3)ccc2-c2nc(-c3c(F)cccc3Cl)[nH]c21. The van der Waals surface area contributed by atoms with Crippen molar-refractivity contribution in [1.82, 2.24) is 15.3 Å². The number of nitrogens with one attached hydrogen (secondary N) is 2. The fourth-order valence-corrected chi connectivity index (χ4v) is 4.46. The molecule has 0 fully saturated rings. The van der Waals surface area contributed by atoms with Gasteiger partial charge in [-0.1, -0.05) is 29.8 Å². The molecule has 1 aromatic heterocycles. The maximum atomic E-state index is 14.5. The number of amides is 1. The van der Waals surface area contributed by atoms with Gasteiger partial charge in [-0.3, -0.25) is 4.79 Å². The molecule has 0 radical (unpaired) electrons. The highest BCUT2D eigenvalue weighted by molar-refractivity contribution is 6.33. The van der Waals surface area contributed by atoms with Gasteiger partial charge in [0.2, 0.25) is 0 Å². The minimum absolute atomic E-state index is 0.0523. The number of imidazole rings is 1.